The third kappa shape index (κ3) is 2.47. The van der Waals surface area contributed by atoms with Crippen molar-refractivity contribution < 1.29 is 22.8 Å². The number of nitrogens with zero attached hydrogens (tertiary/aromatic N) is 2. The number of likely N-dealkylation sites (tertiary alicyclic amines) is 1. The van der Waals surface area contributed by atoms with Crippen molar-refractivity contribution in [1.82, 2.24) is 9.88 Å². The molecule has 0 bridgehead atoms. The van der Waals surface area contributed by atoms with Gasteiger partial charge in [0.1, 0.15) is 5.01 Å². The standard InChI is InChI=1S/C17H13F3N2O2S/c18-17(19,20)12-9-25-13(21-12)8-22-14(23)7-16(15(22)24)6-5-10-3-1-2-4-11(10)16/h1-4,9H,5-8H2/t16-/m0/s1. The molecule has 1 fully saturated rings. The molecule has 1 aliphatic carbocycles. The molecule has 25 heavy (non-hydrogen) atoms. The Morgan fingerprint density at radius 3 is 2.72 bits per heavy atom. The van der Waals surface area contributed by atoms with Gasteiger partial charge in [-0.25, -0.2) is 4.98 Å². The van der Waals surface area contributed by atoms with Gasteiger partial charge in [0.15, 0.2) is 5.69 Å². The van der Waals surface area contributed by atoms with Crippen molar-refractivity contribution in [3.05, 3.63) is 51.5 Å². The number of aryl methyl sites for hydroxylation is 1. The van der Waals surface area contributed by atoms with Crippen molar-refractivity contribution in [3.8, 4) is 0 Å². The van der Waals surface area contributed by atoms with E-state index in [1.54, 1.807) is 0 Å². The molecule has 2 aliphatic rings. The van der Waals surface area contributed by atoms with E-state index >= 15 is 0 Å². The van der Waals surface area contributed by atoms with Crippen LogP contribution in [-0.2, 0) is 34.1 Å². The smallest absolute Gasteiger partial charge is 0.275 e. The summed E-state index contributed by atoms with van der Waals surface area (Å²) in [6.45, 7) is -0.206. The number of benzene rings is 1. The first kappa shape index (κ1) is 16.3. The fraction of sp³-hybridized carbons (Fsp3) is 0.353. The number of amides is 2. The number of rotatable bonds is 2. The highest BCUT2D eigenvalue weighted by atomic mass is 32.1. The van der Waals surface area contributed by atoms with E-state index in [4.69, 9.17) is 0 Å². The number of fused-ring (bicyclic) bond motifs is 2. The molecule has 1 saturated heterocycles. The molecular weight excluding hydrogens is 353 g/mol. The average molecular weight is 366 g/mol. The number of hydrogen-bond acceptors (Lipinski definition) is 4. The summed E-state index contributed by atoms with van der Waals surface area (Å²) in [4.78, 5) is 30.0. The Labute approximate surface area is 145 Å². The normalized spacial score (nSPS) is 22.9. The molecule has 4 nitrogen and oxygen atoms in total. The Hall–Kier alpha value is -2.22. The van der Waals surface area contributed by atoms with Gasteiger partial charge in [0, 0.05) is 11.8 Å². The number of carbonyl (C=O) groups is 2. The van der Waals surface area contributed by atoms with Gasteiger partial charge < -0.3 is 0 Å². The molecular formula is C17H13F3N2O2S. The SMILES string of the molecule is O=C1C[C@]2(CCc3ccccc32)C(=O)N1Cc1nc(C(F)(F)F)cs1. The Bertz CT molecular complexity index is 877. The molecule has 1 aromatic heterocycles. The van der Waals surface area contributed by atoms with E-state index in [9.17, 15) is 22.8 Å². The maximum Gasteiger partial charge on any atom is 0.434 e. The van der Waals surface area contributed by atoms with Gasteiger partial charge in [-0.15, -0.1) is 11.3 Å². The van der Waals surface area contributed by atoms with Crippen LogP contribution < -0.4 is 0 Å². The van der Waals surface area contributed by atoms with E-state index in [0.29, 0.717) is 6.42 Å². The van der Waals surface area contributed by atoms with Crippen molar-refractivity contribution in [2.75, 3.05) is 0 Å². The molecule has 130 valence electrons. The Kier molecular flexibility index (Phi) is 3.50. The van der Waals surface area contributed by atoms with Crippen molar-refractivity contribution in [2.45, 2.75) is 37.4 Å². The lowest BCUT2D eigenvalue weighted by Crippen LogP contribution is -2.36. The van der Waals surface area contributed by atoms with Crippen LogP contribution in [0.25, 0.3) is 0 Å². The maximum atomic E-state index is 13.0. The van der Waals surface area contributed by atoms with Gasteiger partial charge in [0.25, 0.3) is 0 Å². The van der Waals surface area contributed by atoms with Crippen molar-refractivity contribution >= 4 is 23.2 Å². The van der Waals surface area contributed by atoms with Gasteiger partial charge in [-0.2, -0.15) is 13.2 Å². The first-order valence-corrected chi connectivity index (χ1v) is 8.64. The summed E-state index contributed by atoms with van der Waals surface area (Å²) < 4.78 is 38.0. The molecule has 2 amide bonds. The van der Waals surface area contributed by atoms with Gasteiger partial charge in [-0.1, -0.05) is 24.3 Å². The largest absolute Gasteiger partial charge is 0.434 e. The number of carbonyl (C=O) groups excluding carboxylic acids is 2. The maximum absolute atomic E-state index is 13.0. The van der Waals surface area contributed by atoms with Crippen LogP contribution in [0.3, 0.4) is 0 Å². The molecule has 1 spiro atoms. The van der Waals surface area contributed by atoms with Crippen LogP contribution in [0.15, 0.2) is 29.6 Å². The van der Waals surface area contributed by atoms with Gasteiger partial charge in [-0.05, 0) is 24.0 Å². The Morgan fingerprint density at radius 2 is 2.00 bits per heavy atom. The monoisotopic (exact) mass is 366 g/mol. The number of aromatic nitrogens is 1. The first-order valence-electron chi connectivity index (χ1n) is 7.76. The predicted molar refractivity (Wildman–Crippen MR) is 83.7 cm³/mol. The van der Waals surface area contributed by atoms with Crippen LogP contribution in [-0.4, -0.2) is 21.7 Å². The minimum Gasteiger partial charge on any atom is -0.275 e. The number of imide groups is 1. The molecule has 1 atom stereocenters. The topological polar surface area (TPSA) is 50.3 Å². The van der Waals surface area contributed by atoms with Crippen molar-refractivity contribution in [2.24, 2.45) is 0 Å². The summed E-state index contributed by atoms with van der Waals surface area (Å²) in [6, 6.07) is 7.54. The van der Waals surface area contributed by atoms with E-state index in [1.165, 1.54) is 0 Å². The number of alkyl halides is 3. The van der Waals surface area contributed by atoms with Crippen molar-refractivity contribution in [3.63, 3.8) is 0 Å². The lowest BCUT2D eigenvalue weighted by Gasteiger charge is -2.22. The Morgan fingerprint density at radius 1 is 1.24 bits per heavy atom. The van der Waals surface area contributed by atoms with Crippen LogP contribution in [0.2, 0.25) is 0 Å². The van der Waals surface area contributed by atoms with Crippen LogP contribution >= 0.6 is 11.3 Å². The highest BCUT2D eigenvalue weighted by Crippen LogP contribution is 2.47. The quantitative estimate of drug-likeness (QED) is 0.767. The third-order valence-corrected chi connectivity index (χ3v) is 5.73. The first-order chi connectivity index (χ1) is 11.8. The van der Waals surface area contributed by atoms with Gasteiger partial charge >= 0.3 is 6.18 Å². The molecule has 2 heterocycles. The highest BCUT2D eigenvalue weighted by Gasteiger charge is 2.55. The number of thiazole rings is 1. The summed E-state index contributed by atoms with van der Waals surface area (Å²) in [7, 11) is 0. The highest BCUT2D eigenvalue weighted by molar-refractivity contribution is 7.09. The third-order valence-electron chi connectivity index (χ3n) is 4.90. The zero-order valence-corrected chi connectivity index (χ0v) is 13.8. The fourth-order valence-electron chi connectivity index (χ4n) is 3.70. The molecule has 0 unspecified atom stereocenters. The summed E-state index contributed by atoms with van der Waals surface area (Å²) in [5.41, 5.74) is 0.0650. The summed E-state index contributed by atoms with van der Waals surface area (Å²) in [5.74, 6) is -0.684. The van der Waals surface area contributed by atoms with E-state index < -0.39 is 17.3 Å². The molecule has 1 aliphatic heterocycles. The molecule has 4 rings (SSSR count). The molecule has 0 saturated carbocycles. The van der Waals surface area contributed by atoms with Crippen LogP contribution in [0.5, 0.6) is 0 Å². The lowest BCUT2D eigenvalue weighted by atomic mass is 9.80. The van der Waals surface area contributed by atoms with E-state index in [-0.39, 0.29) is 29.8 Å². The molecule has 1 aromatic carbocycles. The second-order valence-corrected chi connectivity index (χ2v) is 7.27. The molecule has 0 N–H and O–H groups in total. The second-order valence-electron chi connectivity index (χ2n) is 6.33. The summed E-state index contributed by atoms with van der Waals surface area (Å²) >= 11 is 0.807. The zero-order valence-electron chi connectivity index (χ0n) is 13.0. The number of hydrogen-bond donors (Lipinski definition) is 0. The second kappa shape index (κ2) is 5.39. The molecule has 0 radical (unpaired) electrons. The van der Waals surface area contributed by atoms with Gasteiger partial charge in [0.2, 0.25) is 11.8 Å². The minimum atomic E-state index is -4.53. The van der Waals surface area contributed by atoms with Crippen LogP contribution in [0.4, 0.5) is 13.2 Å². The Balaban J connectivity index is 1.62. The molecule has 2 aromatic rings. The van der Waals surface area contributed by atoms with E-state index in [2.05, 4.69) is 4.98 Å². The van der Waals surface area contributed by atoms with Gasteiger partial charge in [-0.3, -0.25) is 14.5 Å². The van der Waals surface area contributed by atoms with E-state index in [1.807, 2.05) is 24.3 Å². The van der Waals surface area contributed by atoms with Crippen molar-refractivity contribution in [1.29, 1.82) is 0 Å². The van der Waals surface area contributed by atoms with Gasteiger partial charge in [0.05, 0.1) is 12.0 Å². The van der Waals surface area contributed by atoms with Crippen LogP contribution in [0.1, 0.15) is 34.7 Å². The summed E-state index contributed by atoms with van der Waals surface area (Å²) in [6.07, 6.45) is -3.18. The fourth-order valence-corrected chi connectivity index (χ4v) is 4.49. The zero-order chi connectivity index (χ0) is 17.8. The summed E-state index contributed by atoms with van der Waals surface area (Å²) in [5, 5.41) is 1.01. The molecule has 8 heteroatoms. The average Bonchev–Trinajstić information content (AvgIpc) is 3.23. The number of halogens is 3. The van der Waals surface area contributed by atoms with E-state index in [0.717, 1.165) is 39.2 Å². The minimum absolute atomic E-state index is 0.0698. The lowest BCUT2D eigenvalue weighted by molar-refractivity contribution is -0.140. The van der Waals surface area contributed by atoms with Crippen LogP contribution in [0, 0.1) is 0 Å². The predicted octanol–water partition coefficient (Wildman–Crippen LogP) is 3.31.